The zero-order valence-corrected chi connectivity index (χ0v) is 23.3. The molecule has 0 bridgehead atoms. The number of anilines is 2. The van der Waals surface area contributed by atoms with Crippen LogP contribution >= 0.6 is 0 Å². The highest BCUT2D eigenvalue weighted by atomic mass is 16.5. The Morgan fingerprint density at radius 1 is 0.833 bits per heavy atom. The van der Waals surface area contributed by atoms with E-state index in [4.69, 9.17) is 4.74 Å². The van der Waals surface area contributed by atoms with Gasteiger partial charge in [-0.2, -0.15) is 0 Å². The van der Waals surface area contributed by atoms with Crippen LogP contribution in [0.2, 0.25) is 0 Å². The molecule has 0 unspecified atom stereocenters. The summed E-state index contributed by atoms with van der Waals surface area (Å²) in [6.07, 6.45) is 3.18. The summed E-state index contributed by atoms with van der Waals surface area (Å²) >= 11 is 0. The van der Waals surface area contributed by atoms with Crippen molar-refractivity contribution in [2.45, 2.75) is 31.7 Å². The van der Waals surface area contributed by atoms with Crippen LogP contribution in [0.4, 0.5) is 11.4 Å². The topological polar surface area (TPSA) is 95.9 Å². The first-order valence-electron chi connectivity index (χ1n) is 14.3. The number of hydrogen-bond donors (Lipinski definition) is 2. The van der Waals surface area contributed by atoms with Gasteiger partial charge in [-0.25, -0.2) is 4.79 Å². The van der Waals surface area contributed by atoms with Crippen molar-refractivity contribution in [3.05, 3.63) is 126 Å². The lowest BCUT2D eigenvalue weighted by Crippen LogP contribution is -2.41. The van der Waals surface area contributed by atoms with Crippen molar-refractivity contribution < 1.29 is 24.2 Å². The quantitative estimate of drug-likeness (QED) is 0.187. The van der Waals surface area contributed by atoms with Gasteiger partial charge in [0, 0.05) is 34.8 Å². The van der Waals surface area contributed by atoms with E-state index < -0.39 is 12.0 Å². The molecule has 1 atom stereocenters. The first-order valence-corrected chi connectivity index (χ1v) is 14.3. The molecule has 42 heavy (non-hydrogen) atoms. The number of aliphatic carboxylic acids is 1. The second-order valence-corrected chi connectivity index (χ2v) is 10.4. The predicted octanol–water partition coefficient (Wildman–Crippen LogP) is 6.24. The molecule has 4 aromatic rings. The summed E-state index contributed by atoms with van der Waals surface area (Å²) < 4.78 is 5.96. The molecule has 0 spiro atoms. The number of hydrogen-bond acceptors (Lipinski definition) is 5. The summed E-state index contributed by atoms with van der Waals surface area (Å²) in [5, 5.41) is 13.0. The van der Waals surface area contributed by atoms with Crippen LogP contribution in [0.5, 0.6) is 5.75 Å². The van der Waals surface area contributed by atoms with Gasteiger partial charge in [0.25, 0.3) is 0 Å². The Morgan fingerprint density at radius 3 is 2.12 bits per heavy atom. The summed E-state index contributed by atoms with van der Waals surface area (Å²) in [6, 6.07) is 31.9. The third-order valence-corrected chi connectivity index (χ3v) is 7.57. The lowest BCUT2D eigenvalue weighted by Gasteiger charge is -2.31. The van der Waals surface area contributed by atoms with Crippen LogP contribution in [0.1, 0.15) is 40.7 Å². The van der Waals surface area contributed by atoms with Crippen LogP contribution in [-0.2, 0) is 16.0 Å². The number of carbonyl (C=O) groups is 3. The van der Waals surface area contributed by atoms with E-state index in [-0.39, 0.29) is 24.0 Å². The average Bonchev–Trinajstić information content (AvgIpc) is 2.99. The fourth-order valence-corrected chi connectivity index (χ4v) is 5.00. The van der Waals surface area contributed by atoms with Crippen LogP contribution in [0.3, 0.4) is 0 Å². The summed E-state index contributed by atoms with van der Waals surface area (Å²) in [6.45, 7) is 0.769. The number of rotatable bonds is 13. The van der Waals surface area contributed by atoms with Gasteiger partial charge in [0.2, 0.25) is 5.91 Å². The predicted molar refractivity (Wildman–Crippen MR) is 163 cm³/mol. The molecule has 0 radical (unpaired) electrons. The van der Waals surface area contributed by atoms with Gasteiger partial charge < -0.3 is 20.1 Å². The van der Waals surface area contributed by atoms with Crippen molar-refractivity contribution in [3.63, 3.8) is 0 Å². The molecule has 7 nitrogen and oxygen atoms in total. The molecule has 0 heterocycles. The van der Waals surface area contributed by atoms with Gasteiger partial charge in [0.05, 0.1) is 6.54 Å². The van der Waals surface area contributed by atoms with Gasteiger partial charge in [-0.05, 0) is 54.8 Å². The Morgan fingerprint density at radius 2 is 1.48 bits per heavy atom. The van der Waals surface area contributed by atoms with Gasteiger partial charge in [-0.3, -0.25) is 9.59 Å². The minimum atomic E-state index is -1.02. The van der Waals surface area contributed by atoms with E-state index in [1.807, 2.05) is 65.6 Å². The molecule has 5 rings (SSSR count). The molecule has 1 aliphatic rings. The van der Waals surface area contributed by atoms with Crippen molar-refractivity contribution in [2.24, 2.45) is 5.92 Å². The Labute approximate surface area is 245 Å². The third kappa shape index (κ3) is 7.04. The summed E-state index contributed by atoms with van der Waals surface area (Å²) in [5.74, 6) is -0.324. The first kappa shape index (κ1) is 28.6. The van der Waals surface area contributed by atoms with Crippen molar-refractivity contribution >= 4 is 29.0 Å². The number of ether oxygens (including phenoxy) is 1. The van der Waals surface area contributed by atoms with Crippen LogP contribution in [0.25, 0.3) is 0 Å². The van der Waals surface area contributed by atoms with Crippen LogP contribution in [0.15, 0.2) is 109 Å². The monoisotopic (exact) mass is 562 g/mol. The second-order valence-electron chi connectivity index (χ2n) is 10.4. The van der Waals surface area contributed by atoms with Crippen molar-refractivity contribution in [2.75, 3.05) is 23.4 Å². The molecule has 1 fully saturated rings. The molecule has 0 saturated heterocycles. The second kappa shape index (κ2) is 13.6. The lowest BCUT2D eigenvalue weighted by molar-refractivity contribution is -0.137. The summed E-state index contributed by atoms with van der Waals surface area (Å²) in [7, 11) is 0. The maximum atomic E-state index is 13.1. The van der Waals surface area contributed by atoms with Gasteiger partial charge in [-0.1, -0.05) is 79.2 Å². The number of para-hydroxylation sites is 2. The molecule has 0 aromatic heterocycles. The Balaban J connectivity index is 1.20. The molecule has 0 aliphatic heterocycles. The smallest absolute Gasteiger partial charge is 0.326 e. The Bertz CT molecular complexity index is 1500. The average molecular weight is 563 g/mol. The minimum absolute atomic E-state index is 0.0868. The van der Waals surface area contributed by atoms with E-state index in [1.165, 1.54) is 0 Å². The van der Waals surface area contributed by atoms with Gasteiger partial charge in [0.1, 0.15) is 18.4 Å². The van der Waals surface area contributed by atoms with Crippen LogP contribution < -0.4 is 15.0 Å². The molecule has 7 heteroatoms. The molecule has 1 amide bonds. The Hall–Kier alpha value is -4.91. The van der Waals surface area contributed by atoms with E-state index >= 15 is 0 Å². The van der Waals surface area contributed by atoms with E-state index in [9.17, 15) is 19.5 Å². The van der Waals surface area contributed by atoms with Crippen molar-refractivity contribution in [1.29, 1.82) is 0 Å². The van der Waals surface area contributed by atoms with Gasteiger partial charge in [-0.15, -0.1) is 0 Å². The standard InChI is InChI=1S/C35H34N2O5/c38-33(26-10-3-1-4-11-26)30-16-7-8-17-31(30)36-32(35(40)41)24-25-18-20-29(21-19-25)42-23-22-37(28-14-5-2-6-15-28)34(39)27-12-9-13-27/h1-8,10-11,14-21,27,32,36H,9,12-13,22-24H2,(H,40,41)/t32-/m0/s1. The lowest BCUT2D eigenvalue weighted by atomic mass is 9.84. The molecular formula is C35H34N2O5. The maximum Gasteiger partial charge on any atom is 0.326 e. The normalized spacial score (nSPS) is 13.4. The zero-order chi connectivity index (χ0) is 29.3. The first-order chi connectivity index (χ1) is 20.5. The number of carbonyl (C=O) groups excluding carboxylic acids is 2. The summed E-state index contributed by atoms with van der Waals surface area (Å²) in [5.41, 5.74) is 3.10. The maximum absolute atomic E-state index is 13.1. The SMILES string of the molecule is O=C(c1ccccc1)c1ccccc1N[C@@H](Cc1ccc(OCCN(C(=O)C2CCC2)c2ccccc2)cc1)C(=O)O. The third-order valence-electron chi connectivity index (χ3n) is 7.57. The fraction of sp³-hybridized carbons (Fsp3) is 0.229. The van der Waals surface area contributed by atoms with Gasteiger partial charge >= 0.3 is 5.97 Å². The van der Waals surface area contributed by atoms with Crippen LogP contribution in [-0.4, -0.2) is 42.0 Å². The van der Waals surface area contributed by atoms with Crippen molar-refractivity contribution in [1.82, 2.24) is 0 Å². The molecule has 2 N–H and O–H groups in total. The number of nitrogens with zero attached hydrogens (tertiary/aromatic N) is 1. The highest BCUT2D eigenvalue weighted by Crippen LogP contribution is 2.30. The molecule has 214 valence electrons. The largest absolute Gasteiger partial charge is 0.492 e. The number of benzene rings is 4. The number of nitrogens with one attached hydrogen (secondary N) is 1. The fourth-order valence-electron chi connectivity index (χ4n) is 5.00. The van der Waals surface area contributed by atoms with E-state index in [0.29, 0.717) is 35.7 Å². The highest BCUT2D eigenvalue weighted by molar-refractivity contribution is 6.12. The zero-order valence-electron chi connectivity index (χ0n) is 23.3. The highest BCUT2D eigenvalue weighted by Gasteiger charge is 2.30. The Kier molecular flexibility index (Phi) is 9.29. The van der Waals surface area contributed by atoms with E-state index in [2.05, 4.69) is 5.32 Å². The number of ketones is 1. The number of amides is 1. The number of carboxylic acids is 1. The molecule has 1 aliphatic carbocycles. The van der Waals surface area contributed by atoms with Crippen LogP contribution in [0, 0.1) is 5.92 Å². The summed E-state index contributed by atoms with van der Waals surface area (Å²) in [4.78, 5) is 40.1. The molecule has 4 aromatic carbocycles. The van der Waals surface area contributed by atoms with Gasteiger partial charge in [0.15, 0.2) is 5.78 Å². The van der Waals surface area contributed by atoms with E-state index in [0.717, 1.165) is 30.5 Å². The van der Waals surface area contributed by atoms with E-state index in [1.54, 1.807) is 48.5 Å². The minimum Gasteiger partial charge on any atom is -0.492 e. The molecular weight excluding hydrogens is 528 g/mol. The number of carboxylic acid groups (broad SMARTS) is 1. The van der Waals surface area contributed by atoms with Crippen molar-refractivity contribution in [3.8, 4) is 5.75 Å². The molecule has 1 saturated carbocycles.